The molecule has 0 aromatic rings. The third-order valence-corrected chi connectivity index (χ3v) is 6.89. The van der Waals surface area contributed by atoms with Gasteiger partial charge < -0.3 is 11.1 Å². The number of nitrogens with zero attached hydrogens (tertiary/aromatic N) is 2. The van der Waals surface area contributed by atoms with Gasteiger partial charge in [-0.2, -0.15) is 0 Å². The van der Waals surface area contributed by atoms with Crippen LogP contribution in [0.3, 0.4) is 0 Å². The van der Waals surface area contributed by atoms with Crippen LogP contribution in [0.4, 0.5) is 0 Å². The Kier molecular flexibility index (Phi) is 10.4. The predicted octanol–water partition coefficient (Wildman–Crippen LogP) is 8.32. The molecule has 0 unspecified atom stereocenters. The van der Waals surface area contributed by atoms with Gasteiger partial charge in [0.05, 0.1) is 5.54 Å². The minimum absolute atomic E-state index is 0. The van der Waals surface area contributed by atoms with Gasteiger partial charge in [0, 0.05) is 16.5 Å². The van der Waals surface area contributed by atoms with Gasteiger partial charge in [-0.25, -0.2) is 0 Å². The Bertz CT molecular complexity index is 658. The molecule has 0 aromatic heterocycles. The number of allylic oxidation sites excluding steroid dienone is 2. The van der Waals surface area contributed by atoms with Crippen molar-refractivity contribution in [2.24, 2.45) is 38.1 Å². The van der Waals surface area contributed by atoms with Crippen LogP contribution < -0.4 is 0 Å². The summed E-state index contributed by atoms with van der Waals surface area (Å²) in [5.74, 6) is 1.48. The summed E-state index contributed by atoms with van der Waals surface area (Å²) >= 11 is 0. The van der Waals surface area contributed by atoms with E-state index in [-0.39, 0.29) is 35.8 Å². The minimum Gasteiger partial charge on any atom is -0.468 e. The first-order valence-corrected chi connectivity index (χ1v) is 11.6. The summed E-state index contributed by atoms with van der Waals surface area (Å²) in [6.45, 7) is 29.6. The molecule has 0 amide bonds. The molecule has 0 N–H and O–H groups in total. The fourth-order valence-corrected chi connectivity index (χ4v) is 4.71. The van der Waals surface area contributed by atoms with E-state index in [1.807, 2.05) is 6.92 Å². The van der Waals surface area contributed by atoms with Crippen LogP contribution in [0, 0.1) is 34.2 Å². The minimum atomic E-state index is 0. The van der Waals surface area contributed by atoms with Crippen LogP contribution in [0.25, 0.3) is 0 Å². The molecule has 0 bridgehead atoms. The van der Waals surface area contributed by atoms with Gasteiger partial charge in [-0.15, -0.1) is 12.1 Å². The van der Waals surface area contributed by atoms with E-state index in [1.54, 1.807) is 0 Å². The molecule has 1 radical (unpaired) electrons. The zero-order chi connectivity index (χ0) is 22.8. The van der Waals surface area contributed by atoms with Crippen LogP contribution >= 0.6 is 0 Å². The van der Waals surface area contributed by atoms with E-state index in [4.69, 9.17) is 4.99 Å². The number of aliphatic imine (C=N–C) groups is 2. The molecular formula is C27H49N2Ru. The van der Waals surface area contributed by atoms with E-state index in [1.165, 1.54) is 24.3 Å². The average molecular weight is 503 g/mol. The molecule has 2 rings (SSSR count). The molecule has 0 aromatic carbocycles. The van der Waals surface area contributed by atoms with Crippen molar-refractivity contribution >= 4 is 11.4 Å². The topological polar surface area (TPSA) is 24.7 Å². The molecule has 0 aliphatic carbocycles. The monoisotopic (exact) mass is 503 g/mol. The van der Waals surface area contributed by atoms with Crippen molar-refractivity contribution < 1.29 is 19.5 Å². The van der Waals surface area contributed by atoms with Crippen molar-refractivity contribution in [1.29, 1.82) is 0 Å². The summed E-state index contributed by atoms with van der Waals surface area (Å²) in [6.07, 6.45) is 7.79. The molecule has 3 heteroatoms. The molecular weight excluding hydrogens is 453 g/mol. The summed E-state index contributed by atoms with van der Waals surface area (Å²) in [5, 5.41) is 0. The Hall–Kier alpha value is -0.297. The second-order valence-corrected chi connectivity index (χ2v) is 12.6. The Morgan fingerprint density at radius 1 is 0.867 bits per heavy atom. The largest absolute Gasteiger partial charge is 1.00 e. The first-order valence-electron chi connectivity index (χ1n) is 11.6. The van der Waals surface area contributed by atoms with Crippen LogP contribution in [0.5, 0.6) is 0 Å². The molecule has 2 aliphatic heterocycles. The van der Waals surface area contributed by atoms with Crippen LogP contribution in [-0.4, -0.2) is 17.0 Å². The third kappa shape index (κ3) is 8.00. The Morgan fingerprint density at radius 3 is 1.60 bits per heavy atom. The van der Waals surface area contributed by atoms with E-state index < -0.39 is 0 Å². The third-order valence-electron chi connectivity index (χ3n) is 6.89. The van der Waals surface area contributed by atoms with Crippen LogP contribution in [0.15, 0.2) is 15.7 Å². The zero-order valence-corrected chi connectivity index (χ0v) is 24.0. The maximum atomic E-state index is 5.01. The van der Waals surface area contributed by atoms with Gasteiger partial charge in [-0.05, 0) is 56.1 Å². The van der Waals surface area contributed by atoms with Gasteiger partial charge in [0.2, 0.25) is 0 Å². The summed E-state index contributed by atoms with van der Waals surface area (Å²) < 4.78 is 0. The second-order valence-electron chi connectivity index (χ2n) is 12.6. The Balaban J connectivity index is 0.000000553. The Labute approximate surface area is 201 Å². The first kappa shape index (κ1) is 29.7. The number of hydrogen-bond donors (Lipinski definition) is 0. The van der Waals surface area contributed by atoms with Crippen LogP contribution in [0.2, 0.25) is 0 Å². The van der Waals surface area contributed by atoms with Crippen LogP contribution in [-0.2, 0) is 19.5 Å². The first-order chi connectivity index (χ1) is 12.9. The van der Waals surface area contributed by atoms with Crippen molar-refractivity contribution in [2.75, 3.05) is 0 Å². The normalized spacial score (nSPS) is 20.3. The summed E-state index contributed by atoms with van der Waals surface area (Å²) in [6, 6.07) is 0. The van der Waals surface area contributed by atoms with Gasteiger partial charge in [0.1, 0.15) is 0 Å². The number of hydrogen-bond acceptors (Lipinski definition) is 2. The van der Waals surface area contributed by atoms with Gasteiger partial charge in [-0.3, -0.25) is 4.99 Å². The van der Waals surface area contributed by atoms with Crippen molar-refractivity contribution in [3.8, 4) is 0 Å². The average Bonchev–Trinajstić information content (AvgIpc) is 2.99. The van der Waals surface area contributed by atoms with Gasteiger partial charge >= 0.3 is 19.5 Å². The van der Waals surface area contributed by atoms with Crippen molar-refractivity contribution in [3.05, 3.63) is 11.8 Å². The van der Waals surface area contributed by atoms with Gasteiger partial charge in [0.25, 0.3) is 0 Å². The fourth-order valence-electron chi connectivity index (χ4n) is 4.71. The SMILES string of the molecule is CC(C)CC(C)(C)C1=NC(C)(C)C(C)(C)C1.CC1=[C-]CC(C(C)(C)CC(C)C)=N1.[Ru+]. The fraction of sp³-hybridized carbons (Fsp3) is 0.852. The smallest absolute Gasteiger partial charge is 0.468 e. The maximum absolute atomic E-state index is 5.01. The van der Waals surface area contributed by atoms with E-state index in [9.17, 15) is 0 Å². The van der Waals surface area contributed by atoms with Crippen molar-refractivity contribution in [3.63, 3.8) is 0 Å². The second kappa shape index (κ2) is 10.5. The summed E-state index contributed by atoms with van der Waals surface area (Å²) in [4.78, 5) is 9.55. The predicted molar refractivity (Wildman–Crippen MR) is 131 cm³/mol. The standard InChI is InChI=1S/C15H29N.C12H20N.Ru/c1-11(2)9-13(3,4)12-10-14(5,6)15(7,8)16-12;1-9(2)8-12(4,5)11-7-6-10(3)13-11;/h11H,9-10H2,1-8H3;9H,7-8H2,1-5H3;/q;-1;+1. The molecule has 175 valence electrons. The van der Waals surface area contributed by atoms with Gasteiger partial charge in [0.15, 0.2) is 0 Å². The van der Waals surface area contributed by atoms with E-state index in [0.717, 1.165) is 30.4 Å². The van der Waals surface area contributed by atoms with E-state index in [0.29, 0.717) is 5.41 Å². The Morgan fingerprint density at radius 2 is 1.30 bits per heavy atom. The van der Waals surface area contributed by atoms with Crippen molar-refractivity contribution in [1.82, 2.24) is 0 Å². The molecule has 0 saturated carbocycles. The van der Waals surface area contributed by atoms with Crippen molar-refractivity contribution in [2.45, 2.75) is 121 Å². The summed E-state index contributed by atoms with van der Waals surface area (Å²) in [7, 11) is 0. The van der Waals surface area contributed by atoms with E-state index >= 15 is 0 Å². The number of rotatable bonds is 6. The van der Waals surface area contributed by atoms with E-state index in [2.05, 4.69) is 94.2 Å². The molecule has 0 atom stereocenters. The molecule has 30 heavy (non-hydrogen) atoms. The molecule has 2 aliphatic rings. The quantitative estimate of drug-likeness (QED) is 0.258. The summed E-state index contributed by atoms with van der Waals surface area (Å²) in [5.41, 5.74) is 4.70. The molecule has 0 fully saturated rings. The maximum Gasteiger partial charge on any atom is 1.00 e. The molecule has 0 spiro atoms. The molecule has 2 nitrogen and oxygen atoms in total. The molecule has 0 saturated heterocycles. The zero-order valence-electron chi connectivity index (χ0n) is 22.2. The van der Waals surface area contributed by atoms with Crippen LogP contribution in [0.1, 0.15) is 116 Å². The van der Waals surface area contributed by atoms with Gasteiger partial charge in [-0.1, -0.05) is 76.2 Å². The molecule has 2 heterocycles.